The van der Waals surface area contributed by atoms with Gasteiger partial charge in [0.1, 0.15) is 5.75 Å². The van der Waals surface area contributed by atoms with Crippen LogP contribution < -0.4 is 9.64 Å². The maximum absolute atomic E-state index is 13.0. The molecule has 3 rings (SSSR count). The van der Waals surface area contributed by atoms with Gasteiger partial charge in [0.2, 0.25) is 0 Å². The van der Waals surface area contributed by atoms with Crippen molar-refractivity contribution in [3.63, 3.8) is 0 Å². The molecule has 6 nitrogen and oxygen atoms in total. The van der Waals surface area contributed by atoms with Gasteiger partial charge in [-0.05, 0) is 37.1 Å². The Morgan fingerprint density at radius 2 is 1.79 bits per heavy atom. The molecule has 2 aliphatic heterocycles. The Balaban J connectivity index is 1.70. The molecule has 24 heavy (non-hydrogen) atoms. The van der Waals surface area contributed by atoms with Crippen LogP contribution in [0.2, 0.25) is 0 Å². The number of methoxy groups -OCH3 is 1. The lowest BCUT2D eigenvalue weighted by molar-refractivity contribution is 0.0392. The maximum Gasteiger partial charge on any atom is 0.324 e. The molecule has 2 saturated heterocycles. The molecule has 0 aromatic heterocycles. The van der Waals surface area contributed by atoms with E-state index in [-0.39, 0.29) is 6.03 Å². The molecule has 0 spiro atoms. The highest BCUT2D eigenvalue weighted by atomic mass is 16.5. The van der Waals surface area contributed by atoms with Crippen molar-refractivity contribution in [1.29, 1.82) is 0 Å². The van der Waals surface area contributed by atoms with Crippen LogP contribution in [0.4, 0.5) is 10.5 Å². The predicted molar refractivity (Wildman–Crippen MR) is 93.8 cm³/mol. The van der Waals surface area contributed by atoms with Crippen molar-refractivity contribution >= 4 is 11.7 Å². The molecule has 2 heterocycles. The number of likely N-dealkylation sites (tertiary alicyclic amines) is 1. The van der Waals surface area contributed by atoms with E-state index in [2.05, 4.69) is 4.90 Å². The molecule has 6 heteroatoms. The molecular formula is C18H27N3O3. The molecule has 2 aliphatic rings. The zero-order valence-corrected chi connectivity index (χ0v) is 14.4. The third kappa shape index (κ3) is 4.19. The van der Waals surface area contributed by atoms with Gasteiger partial charge in [-0.2, -0.15) is 0 Å². The van der Waals surface area contributed by atoms with Crippen LogP contribution in [-0.4, -0.2) is 75.4 Å². The van der Waals surface area contributed by atoms with E-state index in [0.717, 1.165) is 70.2 Å². The van der Waals surface area contributed by atoms with Crippen LogP contribution in [-0.2, 0) is 4.74 Å². The lowest BCUT2D eigenvalue weighted by Gasteiger charge is -2.32. The van der Waals surface area contributed by atoms with E-state index >= 15 is 0 Å². The number of carbonyl (C=O) groups is 1. The smallest absolute Gasteiger partial charge is 0.324 e. The fourth-order valence-electron chi connectivity index (χ4n) is 3.24. The van der Waals surface area contributed by atoms with E-state index in [1.54, 1.807) is 7.11 Å². The topological polar surface area (TPSA) is 45.3 Å². The first-order valence-corrected chi connectivity index (χ1v) is 8.78. The number of morpholine rings is 1. The van der Waals surface area contributed by atoms with E-state index in [1.165, 1.54) is 0 Å². The number of anilines is 1. The van der Waals surface area contributed by atoms with Gasteiger partial charge in [-0.3, -0.25) is 9.80 Å². The first-order valence-electron chi connectivity index (χ1n) is 8.78. The molecular weight excluding hydrogens is 306 g/mol. The monoisotopic (exact) mass is 333 g/mol. The van der Waals surface area contributed by atoms with Gasteiger partial charge in [-0.15, -0.1) is 0 Å². The minimum absolute atomic E-state index is 0.117. The SMILES string of the molecule is COc1ccc(N(CCN2CCOCC2)C(=O)N2CCCC2)cc1. The summed E-state index contributed by atoms with van der Waals surface area (Å²) in [6.07, 6.45) is 2.21. The van der Waals surface area contributed by atoms with Gasteiger partial charge in [-0.25, -0.2) is 4.79 Å². The van der Waals surface area contributed by atoms with Gasteiger partial charge >= 0.3 is 6.03 Å². The largest absolute Gasteiger partial charge is 0.497 e. The molecule has 0 saturated carbocycles. The van der Waals surface area contributed by atoms with Crippen molar-refractivity contribution in [1.82, 2.24) is 9.80 Å². The Kier molecular flexibility index (Phi) is 5.93. The normalized spacial score (nSPS) is 18.6. The number of rotatable bonds is 5. The molecule has 132 valence electrons. The number of urea groups is 1. The van der Waals surface area contributed by atoms with Gasteiger partial charge in [0.15, 0.2) is 0 Å². The number of ether oxygens (including phenoxy) is 2. The number of nitrogens with zero attached hydrogens (tertiary/aromatic N) is 3. The van der Waals surface area contributed by atoms with E-state index in [9.17, 15) is 4.79 Å². The van der Waals surface area contributed by atoms with Crippen LogP contribution in [0.3, 0.4) is 0 Å². The fraction of sp³-hybridized carbons (Fsp3) is 0.611. The summed E-state index contributed by atoms with van der Waals surface area (Å²) in [5, 5.41) is 0. The summed E-state index contributed by atoms with van der Waals surface area (Å²) in [6, 6.07) is 7.87. The summed E-state index contributed by atoms with van der Waals surface area (Å²) in [7, 11) is 1.65. The molecule has 0 N–H and O–H groups in total. The van der Waals surface area contributed by atoms with E-state index in [4.69, 9.17) is 9.47 Å². The van der Waals surface area contributed by atoms with Crippen molar-refractivity contribution < 1.29 is 14.3 Å². The average molecular weight is 333 g/mol. The molecule has 2 amide bonds. The van der Waals surface area contributed by atoms with Crippen LogP contribution in [0.5, 0.6) is 5.75 Å². The molecule has 0 unspecified atom stereocenters. The van der Waals surface area contributed by atoms with E-state index in [1.807, 2.05) is 34.1 Å². The fourth-order valence-corrected chi connectivity index (χ4v) is 3.24. The first-order chi connectivity index (χ1) is 11.8. The number of amides is 2. The maximum atomic E-state index is 13.0. The molecule has 1 aromatic carbocycles. The minimum atomic E-state index is 0.117. The van der Waals surface area contributed by atoms with Crippen molar-refractivity contribution in [2.75, 3.05) is 64.5 Å². The lowest BCUT2D eigenvalue weighted by atomic mass is 10.2. The van der Waals surface area contributed by atoms with Crippen LogP contribution in [0, 0.1) is 0 Å². The second-order valence-corrected chi connectivity index (χ2v) is 6.28. The Labute approximate surface area is 143 Å². The summed E-state index contributed by atoms with van der Waals surface area (Å²) in [5.74, 6) is 0.806. The quantitative estimate of drug-likeness (QED) is 0.827. The molecule has 2 fully saturated rings. The van der Waals surface area contributed by atoms with Crippen LogP contribution in [0.1, 0.15) is 12.8 Å². The molecule has 1 aromatic rings. The number of benzene rings is 1. The number of hydrogen-bond donors (Lipinski definition) is 0. The zero-order valence-electron chi connectivity index (χ0n) is 14.4. The summed E-state index contributed by atoms with van der Waals surface area (Å²) in [5.41, 5.74) is 0.931. The molecule has 0 atom stereocenters. The third-order valence-corrected chi connectivity index (χ3v) is 4.74. The van der Waals surface area contributed by atoms with E-state index in [0.29, 0.717) is 6.54 Å². The Bertz CT molecular complexity index is 523. The van der Waals surface area contributed by atoms with Crippen molar-refractivity contribution in [2.45, 2.75) is 12.8 Å². The number of carbonyl (C=O) groups excluding carboxylic acids is 1. The van der Waals surface area contributed by atoms with Crippen molar-refractivity contribution in [3.8, 4) is 5.75 Å². The van der Waals surface area contributed by atoms with Gasteiger partial charge < -0.3 is 14.4 Å². The zero-order chi connectivity index (χ0) is 16.8. The standard InChI is InChI=1S/C18H27N3O3/c1-23-17-6-4-16(5-7-17)21(18(22)20-8-2-3-9-20)11-10-19-12-14-24-15-13-19/h4-7H,2-3,8-15H2,1H3. The van der Waals surface area contributed by atoms with Gasteiger partial charge in [0, 0.05) is 45.0 Å². The van der Waals surface area contributed by atoms with Gasteiger partial charge in [0.25, 0.3) is 0 Å². The highest BCUT2D eigenvalue weighted by Crippen LogP contribution is 2.22. The Hall–Kier alpha value is -1.79. The van der Waals surface area contributed by atoms with Crippen molar-refractivity contribution in [3.05, 3.63) is 24.3 Å². The van der Waals surface area contributed by atoms with Gasteiger partial charge in [0.05, 0.1) is 20.3 Å². The highest BCUT2D eigenvalue weighted by Gasteiger charge is 2.25. The Morgan fingerprint density at radius 3 is 2.42 bits per heavy atom. The molecule has 0 aliphatic carbocycles. The summed E-state index contributed by atoms with van der Waals surface area (Å²) in [4.78, 5) is 19.2. The van der Waals surface area contributed by atoms with Crippen LogP contribution in [0.25, 0.3) is 0 Å². The van der Waals surface area contributed by atoms with E-state index < -0.39 is 0 Å². The summed E-state index contributed by atoms with van der Waals surface area (Å²) < 4.78 is 10.6. The highest BCUT2D eigenvalue weighted by molar-refractivity contribution is 5.92. The molecule has 0 radical (unpaired) electrons. The second-order valence-electron chi connectivity index (χ2n) is 6.28. The summed E-state index contributed by atoms with van der Waals surface area (Å²) in [6.45, 7) is 6.73. The average Bonchev–Trinajstić information content (AvgIpc) is 3.18. The Morgan fingerprint density at radius 1 is 1.12 bits per heavy atom. The second kappa shape index (κ2) is 8.35. The minimum Gasteiger partial charge on any atom is -0.497 e. The number of hydrogen-bond acceptors (Lipinski definition) is 4. The first kappa shape index (κ1) is 17.0. The van der Waals surface area contributed by atoms with Crippen LogP contribution >= 0.6 is 0 Å². The van der Waals surface area contributed by atoms with Crippen molar-refractivity contribution in [2.24, 2.45) is 0 Å². The van der Waals surface area contributed by atoms with Crippen LogP contribution in [0.15, 0.2) is 24.3 Å². The van der Waals surface area contributed by atoms with Gasteiger partial charge in [-0.1, -0.05) is 0 Å². The third-order valence-electron chi connectivity index (χ3n) is 4.74. The molecule has 0 bridgehead atoms. The summed E-state index contributed by atoms with van der Waals surface area (Å²) >= 11 is 0. The lowest BCUT2D eigenvalue weighted by Crippen LogP contribution is -2.47. The predicted octanol–water partition coefficient (Wildman–Crippen LogP) is 2.05.